The minimum Gasteiger partial charge on any atom is -0.345 e. The van der Waals surface area contributed by atoms with Crippen molar-refractivity contribution in [2.45, 2.75) is 26.2 Å². The van der Waals surface area contributed by atoms with Crippen molar-refractivity contribution in [2.24, 2.45) is 0 Å². The SMILES string of the molecule is CCCC(=O)N(C)CCc1ccccn1. The molecule has 1 heterocycles. The fourth-order valence-corrected chi connectivity index (χ4v) is 1.36. The lowest BCUT2D eigenvalue weighted by molar-refractivity contribution is -0.129. The maximum absolute atomic E-state index is 11.5. The van der Waals surface area contributed by atoms with Crippen LogP contribution in [0, 0.1) is 0 Å². The van der Waals surface area contributed by atoms with Crippen LogP contribution >= 0.6 is 0 Å². The molecule has 1 amide bonds. The molecule has 0 aliphatic heterocycles. The van der Waals surface area contributed by atoms with E-state index in [1.54, 1.807) is 11.1 Å². The fraction of sp³-hybridized carbons (Fsp3) is 0.500. The Hall–Kier alpha value is -1.38. The zero-order valence-corrected chi connectivity index (χ0v) is 9.44. The van der Waals surface area contributed by atoms with Crippen LogP contribution in [0.4, 0.5) is 0 Å². The molecule has 3 nitrogen and oxygen atoms in total. The third-order valence-electron chi connectivity index (χ3n) is 2.32. The second-order valence-corrected chi connectivity index (χ2v) is 3.64. The molecule has 0 radical (unpaired) electrons. The Labute approximate surface area is 91.1 Å². The van der Waals surface area contributed by atoms with Crippen LogP contribution in [0.15, 0.2) is 24.4 Å². The predicted octanol–water partition coefficient (Wildman–Crippen LogP) is 1.88. The molecule has 0 aliphatic carbocycles. The third kappa shape index (κ3) is 4.11. The summed E-state index contributed by atoms with van der Waals surface area (Å²) in [7, 11) is 1.85. The van der Waals surface area contributed by atoms with Gasteiger partial charge in [0, 0.05) is 38.3 Å². The summed E-state index contributed by atoms with van der Waals surface area (Å²) in [6.45, 7) is 2.76. The van der Waals surface area contributed by atoms with Crippen LogP contribution in [-0.2, 0) is 11.2 Å². The highest BCUT2D eigenvalue weighted by atomic mass is 16.2. The van der Waals surface area contributed by atoms with Crippen LogP contribution in [0.2, 0.25) is 0 Å². The molecule has 0 spiro atoms. The van der Waals surface area contributed by atoms with Gasteiger partial charge in [-0.15, -0.1) is 0 Å². The molecule has 1 rings (SSSR count). The van der Waals surface area contributed by atoms with Crippen molar-refractivity contribution in [3.63, 3.8) is 0 Å². The number of amides is 1. The van der Waals surface area contributed by atoms with Crippen molar-refractivity contribution in [3.8, 4) is 0 Å². The molecule has 1 aromatic heterocycles. The van der Waals surface area contributed by atoms with Gasteiger partial charge in [-0.25, -0.2) is 0 Å². The van der Waals surface area contributed by atoms with Crippen molar-refractivity contribution in [3.05, 3.63) is 30.1 Å². The van der Waals surface area contributed by atoms with E-state index in [0.29, 0.717) is 6.42 Å². The molecule has 3 heteroatoms. The highest BCUT2D eigenvalue weighted by Crippen LogP contribution is 1.99. The van der Waals surface area contributed by atoms with Crippen LogP contribution < -0.4 is 0 Å². The number of carbonyl (C=O) groups excluding carboxylic acids is 1. The molecule has 0 bridgehead atoms. The van der Waals surface area contributed by atoms with E-state index in [4.69, 9.17) is 0 Å². The minimum atomic E-state index is 0.216. The first-order chi connectivity index (χ1) is 7.24. The number of nitrogens with zero attached hydrogens (tertiary/aromatic N) is 2. The van der Waals surface area contributed by atoms with Gasteiger partial charge >= 0.3 is 0 Å². The van der Waals surface area contributed by atoms with Gasteiger partial charge in [-0.1, -0.05) is 13.0 Å². The first kappa shape index (κ1) is 11.7. The summed E-state index contributed by atoms with van der Waals surface area (Å²) in [5.41, 5.74) is 1.04. The summed E-state index contributed by atoms with van der Waals surface area (Å²) in [6.07, 6.45) is 4.15. The summed E-state index contributed by atoms with van der Waals surface area (Å²) in [6, 6.07) is 5.85. The lowest BCUT2D eigenvalue weighted by atomic mass is 10.2. The lowest BCUT2D eigenvalue weighted by Gasteiger charge is -2.16. The van der Waals surface area contributed by atoms with Gasteiger partial charge in [-0.3, -0.25) is 9.78 Å². The average molecular weight is 206 g/mol. The molecular formula is C12H18N2O. The zero-order valence-electron chi connectivity index (χ0n) is 9.44. The number of hydrogen-bond acceptors (Lipinski definition) is 2. The maximum Gasteiger partial charge on any atom is 0.222 e. The van der Waals surface area contributed by atoms with Gasteiger partial charge < -0.3 is 4.90 Å². The molecular weight excluding hydrogens is 188 g/mol. The van der Waals surface area contributed by atoms with E-state index in [1.807, 2.05) is 32.2 Å². The van der Waals surface area contributed by atoms with Crippen LogP contribution in [0.3, 0.4) is 0 Å². The summed E-state index contributed by atoms with van der Waals surface area (Å²) in [4.78, 5) is 17.5. The normalized spacial score (nSPS) is 10.0. The second-order valence-electron chi connectivity index (χ2n) is 3.64. The van der Waals surface area contributed by atoms with Gasteiger partial charge in [-0.2, -0.15) is 0 Å². The number of hydrogen-bond donors (Lipinski definition) is 0. The van der Waals surface area contributed by atoms with E-state index in [0.717, 1.165) is 25.1 Å². The van der Waals surface area contributed by atoms with Crippen molar-refractivity contribution in [1.82, 2.24) is 9.88 Å². The zero-order chi connectivity index (χ0) is 11.1. The van der Waals surface area contributed by atoms with Gasteiger partial charge in [-0.05, 0) is 18.6 Å². The molecule has 0 saturated carbocycles. The van der Waals surface area contributed by atoms with E-state index in [9.17, 15) is 4.79 Å². The molecule has 0 aromatic carbocycles. The molecule has 1 aromatic rings. The topological polar surface area (TPSA) is 33.2 Å². The van der Waals surface area contributed by atoms with Gasteiger partial charge in [0.05, 0.1) is 0 Å². The first-order valence-electron chi connectivity index (χ1n) is 5.38. The largest absolute Gasteiger partial charge is 0.345 e. The molecule has 82 valence electrons. The Morgan fingerprint density at radius 1 is 1.47 bits per heavy atom. The van der Waals surface area contributed by atoms with Gasteiger partial charge in [0.1, 0.15) is 0 Å². The highest BCUT2D eigenvalue weighted by molar-refractivity contribution is 5.75. The second kappa shape index (κ2) is 6.17. The van der Waals surface area contributed by atoms with Crippen LogP contribution in [0.1, 0.15) is 25.5 Å². The number of pyridine rings is 1. The van der Waals surface area contributed by atoms with Crippen LogP contribution in [-0.4, -0.2) is 29.4 Å². The molecule has 0 atom stereocenters. The Morgan fingerprint density at radius 2 is 2.27 bits per heavy atom. The molecule has 0 unspecified atom stereocenters. The third-order valence-corrected chi connectivity index (χ3v) is 2.32. The van der Waals surface area contributed by atoms with E-state index >= 15 is 0 Å². The van der Waals surface area contributed by atoms with Crippen molar-refractivity contribution < 1.29 is 4.79 Å². The molecule has 0 fully saturated rings. The average Bonchev–Trinajstić information content (AvgIpc) is 2.27. The van der Waals surface area contributed by atoms with Gasteiger partial charge in [0.15, 0.2) is 0 Å². The van der Waals surface area contributed by atoms with Gasteiger partial charge in [0.25, 0.3) is 0 Å². The predicted molar refractivity (Wildman–Crippen MR) is 60.5 cm³/mol. The molecule has 0 saturated heterocycles. The summed E-state index contributed by atoms with van der Waals surface area (Å²) in [5.74, 6) is 0.216. The Morgan fingerprint density at radius 3 is 2.87 bits per heavy atom. The van der Waals surface area contributed by atoms with Crippen molar-refractivity contribution >= 4 is 5.91 Å². The van der Waals surface area contributed by atoms with Crippen molar-refractivity contribution in [2.75, 3.05) is 13.6 Å². The quantitative estimate of drug-likeness (QED) is 0.737. The van der Waals surface area contributed by atoms with E-state index in [-0.39, 0.29) is 5.91 Å². The minimum absolute atomic E-state index is 0.216. The maximum atomic E-state index is 11.5. The Bertz CT molecular complexity index is 298. The van der Waals surface area contributed by atoms with E-state index in [2.05, 4.69) is 4.98 Å². The smallest absolute Gasteiger partial charge is 0.222 e. The van der Waals surface area contributed by atoms with Gasteiger partial charge in [0.2, 0.25) is 5.91 Å². The van der Waals surface area contributed by atoms with E-state index in [1.165, 1.54) is 0 Å². The number of carbonyl (C=O) groups is 1. The number of likely N-dealkylation sites (N-methyl/N-ethyl adjacent to an activating group) is 1. The summed E-state index contributed by atoms with van der Waals surface area (Å²) >= 11 is 0. The number of rotatable bonds is 5. The Balaban J connectivity index is 2.34. The number of aromatic nitrogens is 1. The first-order valence-corrected chi connectivity index (χ1v) is 5.38. The Kier molecular flexibility index (Phi) is 4.81. The fourth-order valence-electron chi connectivity index (χ4n) is 1.36. The van der Waals surface area contributed by atoms with Crippen LogP contribution in [0.25, 0.3) is 0 Å². The summed E-state index contributed by atoms with van der Waals surface area (Å²) < 4.78 is 0. The standard InChI is InChI=1S/C12H18N2O/c1-3-6-12(15)14(2)10-8-11-7-4-5-9-13-11/h4-5,7,9H,3,6,8,10H2,1-2H3. The molecule has 0 N–H and O–H groups in total. The monoisotopic (exact) mass is 206 g/mol. The van der Waals surface area contributed by atoms with E-state index < -0.39 is 0 Å². The summed E-state index contributed by atoms with van der Waals surface area (Å²) in [5, 5.41) is 0. The van der Waals surface area contributed by atoms with Crippen LogP contribution in [0.5, 0.6) is 0 Å². The lowest BCUT2D eigenvalue weighted by Crippen LogP contribution is -2.28. The van der Waals surface area contributed by atoms with Crippen molar-refractivity contribution in [1.29, 1.82) is 0 Å². The highest BCUT2D eigenvalue weighted by Gasteiger charge is 2.06. The molecule has 0 aliphatic rings. The molecule has 15 heavy (non-hydrogen) atoms.